The minimum atomic E-state index is -3.75. The van der Waals surface area contributed by atoms with Crippen LogP contribution in [0, 0.1) is 0 Å². The van der Waals surface area contributed by atoms with Crippen molar-refractivity contribution in [3.8, 4) is 0 Å². The van der Waals surface area contributed by atoms with Crippen molar-refractivity contribution in [3.05, 3.63) is 28.8 Å². The third-order valence-electron chi connectivity index (χ3n) is 2.69. The van der Waals surface area contributed by atoms with Crippen molar-refractivity contribution in [1.82, 2.24) is 4.72 Å². The summed E-state index contributed by atoms with van der Waals surface area (Å²) in [5.41, 5.74) is -0.123. The van der Waals surface area contributed by atoms with Gasteiger partial charge in [-0.25, -0.2) is 13.1 Å². The zero-order valence-electron chi connectivity index (χ0n) is 11.8. The summed E-state index contributed by atoms with van der Waals surface area (Å²) in [6.45, 7) is 5.82. The Labute approximate surface area is 125 Å². The molecule has 20 heavy (non-hydrogen) atoms. The molecule has 0 unspecified atom stereocenters. The lowest BCUT2D eigenvalue weighted by Crippen LogP contribution is -2.40. The molecule has 0 heterocycles. The SMILES string of the molecule is CCOC(C)(C)CNS(=O)(=O)c1cc(CO)ccc1Cl. The molecule has 0 radical (unpaired) electrons. The Hall–Kier alpha value is -0.660. The van der Waals surface area contributed by atoms with Gasteiger partial charge in [0, 0.05) is 13.2 Å². The average molecular weight is 322 g/mol. The molecule has 1 aromatic carbocycles. The molecule has 0 atom stereocenters. The number of nitrogens with one attached hydrogen (secondary N) is 1. The summed E-state index contributed by atoms with van der Waals surface area (Å²) in [4.78, 5) is -0.0435. The Morgan fingerprint density at radius 1 is 1.40 bits per heavy atom. The molecule has 7 heteroatoms. The summed E-state index contributed by atoms with van der Waals surface area (Å²) in [5.74, 6) is 0. The summed E-state index contributed by atoms with van der Waals surface area (Å²) in [7, 11) is -3.75. The third kappa shape index (κ3) is 4.71. The molecule has 1 rings (SSSR count). The van der Waals surface area contributed by atoms with Crippen molar-refractivity contribution in [2.24, 2.45) is 0 Å². The molecule has 1 aromatic rings. The van der Waals surface area contributed by atoms with Gasteiger partial charge in [-0.1, -0.05) is 17.7 Å². The second-order valence-electron chi connectivity index (χ2n) is 4.94. The lowest BCUT2D eigenvalue weighted by Gasteiger charge is -2.25. The van der Waals surface area contributed by atoms with E-state index in [1.807, 2.05) is 6.92 Å². The predicted octanol–water partition coefficient (Wildman–Crippen LogP) is 1.93. The molecule has 0 spiro atoms. The number of halogens is 1. The normalized spacial score (nSPS) is 12.7. The van der Waals surface area contributed by atoms with E-state index in [1.54, 1.807) is 19.9 Å². The number of aliphatic hydroxyl groups is 1. The first-order chi connectivity index (χ1) is 9.22. The Morgan fingerprint density at radius 3 is 2.60 bits per heavy atom. The van der Waals surface area contributed by atoms with E-state index in [-0.39, 0.29) is 23.1 Å². The van der Waals surface area contributed by atoms with Crippen LogP contribution in [0.4, 0.5) is 0 Å². The standard InChI is InChI=1S/C13H20ClNO4S/c1-4-19-13(2,3)9-15-20(17,18)12-7-10(8-16)5-6-11(12)14/h5-7,15-16H,4,8-9H2,1-3H3. The van der Waals surface area contributed by atoms with Gasteiger partial charge in [-0.05, 0) is 38.5 Å². The predicted molar refractivity (Wildman–Crippen MR) is 78.3 cm³/mol. The first-order valence-corrected chi connectivity index (χ1v) is 8.11. The van der Waals surface area contributed by atoms with Crippen LogP contribution in [0.15, 0.2) is 23.1 Å². The van der Waals surface area contributed by atoms with E-state index in [0.29, 0.717) is 12.2 Å². The highest BCUT2D eigenvalue weighted by atomic mass is 35.5. The van der Waals surface area contributed by atoms with E-state index in [9.17, 15) is 8.42 Å². The lowest BCUT2D eigenvalue weighted by molar-refractivity contribution is -0.00515. The molecule has 0 aliphatic rings. The summed E-state index contributed by atoms with van der Waals surface area (Å²) in [6, 6.07) is 4.39. The Morgan fingerprint density at radius 2 is 2.05 bits per heavy atom. The van der Waals surface area contributed by atoms with Crippen LogP contribution in [0.2, 0.25) is 5.02 Å². The third-order valence-corrected chi connectivity index (χ3v) is 4.57. The molecule has 0 aliphatic heterocycles. The molecule has 0 aliphatic carbocycles. The van der Waals surface area contributed by atoms with E-state index in [1.165, 1.54) is 12.1 Å². The fourth-order valence-electron chi connectivity index (χ4n) is 1.64. The average Bonchev–Trinajstić information content (AvgIpc) is 2.37. The first-order valence-electron chi connectivity index (χ1n) is 6.25. The number of hydrogen-bond acceptors (Lipinski definition) is 4. The number of aliphatic hydroxyl groups excluding tert-OH is 1. The van der Waals surface area contributed by atoms with E-state index in [4.69, 9.17) is 21.4 Å². The highest BCUT2D eigenvalue weighted by Gasteiger charge is 2.24. The molecule has 0 saturated carbocycles. The minimum Gasteiger partial charge on any atom is -0.392 e. The van der Waals surface area contributed by atoms with Gasteiger partial charge in [-0.2, -0.15) is 0 Å². The van der Waals surface area contributed by atoms with Crippen LogP contribution in [-0.2, 0) is 21.4 Å². The smallest absolute Gasteiger partial charge is 0.242 e. The lowest BCUT2D eigenvalue weighted by atomic mass is 10.1. The molecule has 0 amide bonds. The van der Waals surface area contributed by atoms with Gasteiger partial charge in [-0.15, -0.1) is 0 Å². The Bertz CT molecular complexity index is 557. The Kier molecular flexibility index (Phi) is 5.97. The molecule has 0 saturated heterocycles. The monoisotopic (exact) mass is 321 g/mol. The molecule has 5 nitrogen and oxygen atoms in total. The van der Waals surface area contributed by atoms with Crippen LogP contribution >= 0.6 is 11.6 Å². The highest BCUT2D eigenvalue weighted by molar-refractivity contribution is 7.89. The quantitative estimate of drug-likeness (QED) is 0.804. The summed E-state index contributed by atoms with van der Waals surface area (Å²) in [5, 5.41) is 9.18. The van der Waals surface area contributed by atoms with Gasteiger partial charge >= 0.3 is 0 Å². The molecule has 2 N–H and O–H groups in total. The molecule has 114 valence electrons. The second kappa shape index (κ2) is 6.87. The fourth-order valence-corrected chi connectivity index (χ4v) is 3.39. The van der Waals surface area contributed by atoms with E-state index in [0.717, 1.165) is 0 Å². The van der Waals surface area contributed by atoms with Gasteiger partial charge in [0.25, 0.3) is 0 Å². The maximum absolute atomic E-state index is 12.2. The van der Waals surface area contributed by atoms with Crippen molar-refractivity contribution in [3.63, 3.8) is 0 Å². The van der Waals surface area contributed by atoms with Crippen LogP contribution in [0.1, 0.15) is 26.3 Å². The van der Waals surface area contributed by atoms with Gasteiger partial charge in [0.1, 0.15) is 4.90 Å². The number of hydrogen-bond donors (Lipinski definition) is 2. The van der Waals surface area contributed by atoms with Gasteiger partial charge in [0.15, 0.2) is 0 Å². The van der Waals surface area contributed by atoms with Gasteiger partial charge in [0.2, 0.25) is 10.0 Å². The molecular formula is C13H20ClNO4S. The number of rotatable bonds is 7. The fraction of sp³-hybridized carbons (Fsp3) is 0.538. The first kappa shape index (κ1) is 17.4. The topological polar surface area (TPSA) is 75.6 Å². The van der Waals surface area contributed by atoms with Crippen LogP contribution in [0.25, 0.3) is 0 Å². The Balaban J connectivity index is 2.94. The summed E-state index contributed by atoms with van der Waals surface area (Å²) >= 11 is 5.92. The highest BCUT2D eigenvalue weighted by Crippen LogP contribution is 2.23. The van der Waals surface area contributed by atoms with Crippen LogP contribution in [-0.4, -0.2) is 32.3 Å². The van der Waals surface area contributed by atoms with Crippen molar-refractivity contribution >= 4 is 21.6 Å². The minimum absolute atomic E-state index is 0.0435. The van der Waals surface area contributed by atoms with Crippen molar-refractivity contribution in [2.75, 3.05) is 13.2 Å². The number of sulfonamides is 1. The number of benzene rings is 1. The second-order valence-corrected chi connectivity index (χ2v) is 7.08. The zero-order chi connectivity index (χ0) is 15.4. The van der Waals surface area contributed by atoms with Crippen LogP contribution in [0.5, 0.6) is 0 Å². The largest absolute Gasteiger partial charge is 0.392 e. The maximum atomic E-state index is 12.2. The van der Waals surface area contributed by atoms with Crippen LogP contribution < -0.4 is 4.72 Å². The molecular weight excluding hydrogens is 302 g/mol. The van der Waals surface area contributed by atoms with Gasteiger partial charge < -0.3 is 9.84 Å². The summed E-state index contributed by atoms with van der Waals surface area (Å²) in [6.07, 6.45) is 0. The van der Waals surface area contributed by atoms with Crippen molar-refractivity contribution in [1.29, 1.82) is 0 Å². The zero-order valence-corrected chi connectivity index (χ0v) is 13.4. The van der Waals surface area contributed by atoms with Gasteiger partial charge in [-0.3, -0.25) is 0 Å². The van der Waals surface area contributed by atoms with Crippen molar-refractivity contribution < 1.29 is 18.3 Å². The van der Waals surface area contributed by atoms with E-state index in [2.05, 4.69) is 4.72 Å². The van der Waals surface area contributed by atoms with E-state index < -0.39 is 15.6 Å². The molecule has 0 fully saturated rings. The van der Waals surface area contributed by atoms with E-state index >= 15 is 0 Å². The van der Waals surface area contributed by atoms with Crippen LogP contribution in [0.3, 0.4) is 0 Å². The maximum Gasteiger partial charge on any atom is 0.242 e. The molecule has 0 bridgehead atoms. The van der Waals surface area contributed by atoms with Crippen molar-refractivity contribution in [2.45, 2.75) is 37.9 Å². The number of ether oxygens (including phenoxy) is 1. The van der Waals surface area contributed by atoms with Gasteiger partial charge in [0.05, 0.1) is 17.2 Å². The molecule has 0 aromatic heterocycles. The summed E-state index contributed by atoms with van der Waals surface area (Å²) < 4.78 is 32.4.